The van der Waals surface area contributed by atoms with E-state index in [1.807, 2.05) is 0 Å². The molecule has 0 radical (unpaired) electrons. The van der Waals surface area contributed by atoms with Gasteiger partial charge >= 0.3 is 0 Å². The van der Waals surface area contributed by atoms with Gasteiger partial charge in [-0.05, 0) is 26.0 Å². The van der Waals surface area contributed by atoms with Crippen LogP contribution in [0, 0.1) is 0 Å². The molecule has 0 atom stereocenters. The molecule has 1 heterocycles. The fourth-order valence-corrected chi connectivity index (χ4v) is 0.869. The molecule has 6 nitrogen and oxygen atoms in total. The van der Waals surface area contributed by atoms with E-state index >= 15 is 0 Å². The molecule has 1 rings (SSSR count). The molecule has 6 heteroatoms. The predicted octanol–water partition coefficient (Wildman–Crippen LogP) is 0.521. The number of rotatable bonds is 4. The minimum atomic E-state index is -0.433. The predicted molar refractivity (Wildman–Crippen MR) is 58.0 cm³/mol. The van der Waals surface area contributed by atoms with Crippen LogP contribution in [0.5, 0.6) is 0 Å². The summed E-state index contributed by atoms with van der Waals surface area (Å²) in [4.78, 5) is 22.5. The van der Waals surface area contributed by atoms with Crippen molar-refractivity contribution < 1.29 is 14.0 Å². The standard InChI is InChI=1S/C10H13N3O3/c1-7(2)12-13-9(14)6-11-10(15)8-4-3-5-16-8/h3-5H,6H2,1-2H3,(H,11,15)(H,13,14). The zero-order valence-corrected chi connectivity index (χ0v) is 9.11. The second kappa shape index (κ2) is 5.69. The van der Waals surface area contributed by atoms with E-state index in [1.165, 1.54) is 12.3 Å². The van der Waals surface area contributed by atoms with Crippen molar-refractivity contribution in [3.63, 3.8) is 0 Å². The number of hydrogen-bond acceptors (Lipinski definition) is 4. The number of hydrazone groups is 1. The molecular weight excluding hydrogens is 210 g/mol. The Hall–Kier alpha value is -2.11. The van der Waals surface area contributed by atoms with E-state index in [0.717, 1.165) is 5.71 Å². The van der Waals surface area contributed by atoms with E-state index in [-0.39, 0.29) is 18.2 Å². The fourth-order valence-electron chi connectivity index (χ4n) is 0.869. The van der Waals surface area contributed by atoms with Crippen molar-refractivity contribution in [3.8, 4) is 0 Å². The molecule has 0 aromatic carbocycles. The van der Waals surface area contributed by atoms with Crippen molar-refractivity contribution in [2.24, 2.45) is 5.10 Å². The van der Waals surface area contributed by atoms with Crippen LogP contribution in [0.4, 0.5) is 0 Å². The van der Waals surface area contributed by atoms with Gasteiger partial charge in [0.15, 0.2) is 5.76 Å². The Morgan fingerprint density at radius 3 is 2.75 bits per heavy atom. The van der Waals surface area contributed by atoms with E-state index in [9.17, 15) is 9.59 Å². The average Bonchev–Trinajstić information content (AvgIpc) is 2.76. The molecule has 1 aromatic heterocycles. The molecule has 0 aliphatic heterocycles. The van der Waals surface area contributed by atoms with Crippen LogP contribution < -0.4 is 10.7 Å². The SMILES string of the molecule is CC(C)=NNC(=O)CNC(=O)c1ccco1. The van der Waals surface area contributed by atoms with Gasteiger partial charge in [-0.25, -0.2) is 5.43 Å². The van der Waals surface area contributed by atoms with Crippen molar-refractivity contribution >= 4 is 17.5 Å². The third-order valence-corrected chi connectivity index (χ3v) is 1.56. The summed E-state index contributed by atoms with van der Waals surface area (Å²) in [5.41, 5.74) is 3.01. The van der Waals surface area contributed by atoms with Gasteiger partial charge in [-0.3, -0.25) is 9.59 Å². The van der Waals surface area contributed by atoms with Crippen LogP contribution in [0.25, 0.3) is 0 Å². The average molecular weight is 223 g/mol. The van der Waals surface area contributed by atoms with E-state index in [0.29, 0.717) is 0 Å². The highest BCUT2D eigenvalue weighted by Gasteiger charge is 2.09. The maximum Gasteiger partial charge on any atom is 0.287 e. The van der Waals surface area contributed by atoms with Crippen LogP contribution in [0.1, 0.15) is 24.4 Å². The van der Waals surface area contributed by atoms with Crippen LogP contribution in [0.15, 0.2) is 27.9 Å². The smallest absolute Gasteiger partial charge is 0.287 e. The Kier molecular flexibility index (Phi) is 4.26. The van der Waals surface area contributed by atoms with Gasteiger partial charge in [-0.1, -0.05) is 0 Å². The summed E-state index contributed by atoms with van der Waals surface area (Å²) >= 11 is 0. The van der Waals surface area contributed by atoms with Crippen LogP contribution in [0.3, 0.4) is 0 Å². The first kappa shape index (κ1) is 12.0. The summed E-state index contributed by atoms with van der Waals surface area (Å²) in [5.74, 6) is -0.651. The topological polar surface area (TPSA) is 83.7 Å². The van der Waals surface area contributed by atoms with E-state index in [4.69, 9.17) is 4.42 Å². The third kappa shape index (κ3) is 3.95. The Balaban J connectivity index is 2.32. The van der Waals surface area contributed by atoms with Gasteiger partial charge in [-0.2, -0.15) is 5.10 Å². The first-order valence-electron chi connectivity index (χ1n) is 4.71. The number of amides is 2. The van der Waals surface area contributed by atoms with Crippen molar-refractivity contribution in [3.05, 3.63) is 24.2 Å². The second-order valence-electron chi connectivity index (χ2n) is 3.25. The van der Waals surface area contributed by atoms with Gasteiger partial charge in [0.1, 0.15) is 0 Å². The Labute approximate surface area is 92.7 Å². The number of nitrogens with one attached hydrogen (secondary N) is 2. The van der Waals surface area contributed by atoms with Crippen LogP contribution in [0.2, 0.25) is 0 Å². The zero-order chi connectivity index (χ0) is 12.0. The first-order valence-corrected chi connectivity index (χ1v) is 4.71. The summed E-state index contributed by atoms with van der Waals surface area (Å²) in [6, 6.07) is 3.11. The number of furan rings is 1. The zero-order valence-electron chi connectivity index (χ0n) is 9.11. The molecule has 0 spiro atoms. The maximum absolute atomic E-state index is 11.3. The lowest BCUT2D eigenvalue weighted by atomic mass is 10.4. The molecule has 2 N–H and O–H groups in total. The monoisotopic (exact) mass is 223 g/mol. The minimum absolute atomic E-state index is 0.143. The number of nitrogens with zero attached hydrogens (tertiary/aromatic N) is 1. The summed E-state index contributed by atoms with van der Waals surface area (Å²) in [6.07, 6.45) is 1.39. The first-order chi connectivity index (χ1) is 7.59. The number of hydrogen-bond donors (Lipinski definition) is 2. The molecule has 1 aromatic rings. The van der Waals surface area contributed by atoms with Gasteiger partial charge < -0.3 is 9.73 Å². The molecule has 0 fully saturated rings. The van der Waals surface area contributed by atoms with Crippen molar-refractivity contribution in [2.45, 2.75) is 13.8 Å². The van der Waals surface area contributed by atoms with Gasteiger partial charge in [0.2, 0.25) is 0 Å². The highest BCUT2D eigenvalue weighted by molar-refractivity contribution is 5.94. The third-order valence-electron chi connectivity index (χ3n) is 1.56. The Bertz CT molecular complexity index is 391. The lowest BCUT2D eigenvalue weighted by Gasteiger charge is -2.01. The highest BCUT2D eigenvalue weighted by atomic mass is 16.3. The Morgan fingerprint density at radius 1 is 1.44 bits per heavy atom. The molecule has 0 bridgehead atoms. The van der Waals surface area contributed by atoms with E-state index in [2.05, 4.69) is 15.8 Å². The fraction of sp³-hybridized carbons (Fsp3) is 0.300. The molecule has 0 unspecified atom stereocenters. The summed E-state index contributed by atoms with van der Waals surface area (Å²) in [5, 5.41) is 6.10. The lowest BCUT2D eigenvalue weighted by Crippen LogP contribution is -2.34. The van der Waals surface area contributed by atoms with Crippen molar-refractivity contribution in [1.29, 1.82) is 0 Å². The lowest BCUT2D eigenvalue weighted by molar-refractivity contribution is -0.120. The summed E-state index contributed by atoms with van der Waals surface area (Å²) in [6.45, 7) is 3.36. The highest BCUT2D eigenvalue weighted by Crippen LogP contribution is 1.98. The van der Waals surface area contributed by atoms with Gasteiger partial charge in [-0.15, -0.1) is 0 Å². The quantitative estimate of drug-likeness (QED) is 0.576. The largest absolute Gasteiger partial charge is 0.459 e. The second-order valence-corrected chi connectivity index (χ2v) is 3.25. The van der Waals surface area contributed by atoms with Gasteiger partial charge in [0.25, 0.3) is 11.8 Å². The van der Waals surface area contributed by atoms with E-state index in [1.54, 1.807) is 19.9 Å². The summed E-state index contributed by atoms with van der Waals surface area (Å²) in [7, 11) is 0. The van der Waals surface area contributed by atoms with Gasteiger partial charge in [0, 0.05) is 5.71 Å². The maximum atomic E-state index is 11.3. The van der Waals surface area contributed by atoms with Crippen molar-refractivity contribution in [1.82, 2.24) is 10.7 Å². The molecule has 0 aliphatic carbocycles. The van der Waals surface area contributed by atoms with Crippen molar-refractivity contribution in [2.75, 3.05) is 6.54 Å². The van der Waals surface area contributed by atoms with Gasteiger partial charge in [0.05, 0.1) is 12.8 Å². The molecule has 86 valence electrons. The minimum Gasteiger partial charge on any atom is -0.459 e. The number of carbonyl (C=O) groups is 2. The van der Waals surface area contributed by atoms with Crippen LogP contribution in [-0.4, -0.2) is 24.1 Å². The summed E-state index contributed by atoms with van der Waals surface area (Å²) < 4.78 is 4.85. The molecule has 2 amide bonds. The molecule has 16 heavy (non-hydrogen) atoms. The number of carbonyl (C=O) groups excluding carboxylic acids is 2. The molecular formula is C10H13N3O3. The Morgan fingerprint density at radius 2 is 2.19 bits per heavy atom. The van der Waals surface area contributed by atoms with Crippen LogP contribution >= 0.6 is 0 Å². The van der Waals surface area contributed by atoms with Crippen LogP contribution in [-0.2, 0) is 4.79 Å². The van der Waals surface area contributed by atoms with E-state index < -0.39 is 5.91 Å². The molecule has 0 saturated heterocycles. The molecule has 0 saturated carbocycles. The normalized spacial score (nSPS) is 9.38. The molecule has 0 aliphatic rings.